The Morgan fingerprint density at radius 2 is 1.73 bits per heavy atom. The number of amides is 1. The molecule has 1 atom stereocenters. The third-order valence-corrected chi connectivity index (χ3v) is 2.88. The van der Waals surface area contributed by atoms with Crippen LogP contribution in [0.3, 0.4) is 0 Å². The number of hydrogen-bond donors (Lipinski definition) is 2. The van der Waals surface area contributed by atoms with E-state index in [4.69, 9.17) is 0 Å². The summed E-state index contributed by atoms with van der Waals surface area (Å²) < 4.78 is 26.9. The second kappa shape index (κ2) is 7.34. The lowest BCUT2D eigenvalue weighted by Crippen LogP contribution is -2.28. The van der Waals surface area contributed by atoms with Gasteiger partial charge < -0.3 is 10.4 Å². The zero-order valence-electron chi connectivity index (χ0n) is 11.5. The molecule has 2 rings (SSSR count). The molecule has 0 fully saturated rings. The molecule has 2 N–H and O–H groups in total. The topological polar surface area (TPSA) is 49.3 Å². The fraction of sp³-hybridized carbons (Fsp3) is 0.118. The van der Waals surface area contributed by atoms with Gasteiger partial charge in [-0.2, -0.15) is 0 Å². The summed E-state index contributed by atoms with van der Waals surface area (Å²) in [4.78, 5) is 11.5. The van der Waals surface area contributed by atoms with Crippen molar-refractivity contribution in [2.45, 2.75) is 6.10 Å². The van der Waals surface area contributed by atoms with Crippen LogP contribution in [0.25, 0.3) is 0 Å². The zero-order chi connectivity index (χ0) is 15.9. The maximum absolute atomic E-state index is 13.5. The van der Waals surface area contributed by atoms with Gasteiger partial charge in [0.1, 0.15) is 17.7 Å². The molecule has 22 heavy (non-hydrogen) atoms. The zero-order valence-corrected chi connectivity index (χ0v) is 11.5. The van der Waals surface area contributed by atoms with Crippen LogP contribution in [0.1, 0.15) is 17.2 Å². The normalized spacial score (nSPS) is 11.2. The summed E-state index contributed by atoms with van der Waals surface area (Å²) in [6.45, 7) is -0.333. The van der Waals surface area contributed by atoms with E-state index in [9.17, 15) is 18.7 Å². The molecule has 5 heteroatoms. The molecule has 0 aromatic heterocycles. The first-order valence-electron chi connectivity index (χ1n) is 6.55. The quantitative estimate of drug-likeness (QED) is 0.854. The van der Waals surface area contributed by atoms with Crippen molar-refractivity contribution in [3.63, 3.8) is 0 Å². The minimum atomic E-state index is -1.48. The molecule has 0 radical (unpaired) electrons. The van der Waals surface area contributed by atoms with E-state index in [2.05, 4.69) is 17.2 Å². The van der Waals surface area contributed by atoms with Crippen molar-refractivity contribution < 1.29 is 18.7 Å². The van der Waals surface area contributed by atoms with Crippen molar-refractivity contribution in [2.24, 2.45) is 0 Å². The molecule has 3 nitrogen and oxygen atoms in total. The van der Waals surface area contributed by atoms with E-state index in [1.165, 1.54) is 6.07 Å². The van der Waals surface area contributed by atoms with Crippen LogP contribution in [0.15, 0.2) is 48.5 Å². The monoisotopic (exact) mass is 301 g/mol. The predicted molar refractivity (Wildman–Crippen MR) is 77.6 cm³/mol. The Kier molecular flexibility index (Phi) is 5.23. The average molecular weight is 301 g/mol. The Balaban J connectivity index is 1.96. The SMILES string of the molecule is O=C(C#Cc1ccccc1)NCC(O)c1c(F)cccc1F. The number of benzene rings is 2. The number of carbonyl (C=O) groups is 1. The van der Waals surface area contributed by atoms with Gasteiger partial charge in [-0.05, 0) is 24.3 Å². The fourth-order valence-electron chi connectivity index (χ4n) is 1.82. The molecular formula is C17H13F2NO2. The van der Waals surface area contributed by atoms with Crippen LogP contribution in [0.5, 0.6) is 0 Å². The molecule has 0 aliphatic rings. The van der Waals surface area contributed by atoms with Gasteiger partial charge in [0.05, 0.1) is 5.56 Å². The highest BCUT2D eigenvalue weighted by Gasteiger charge is 2.17. The Morgan fingerprint density at radius 3 is 2.36 bits per heavy atom. The average Bonchev–Trinajstić information content (AvgIpc) is 2.52. The van der Waals surface area contributed by atoms with Crippen LogP contribution in [0.2, 0.25) is 0 Å². The molecule has 1 amide bonds. The van der Waals surface area contributed by atoms with Crippen molar-refractivity contribution in [3.8, 4) is 11.8 Å². The van der Waals surface area contributed by atoms with Crippen LogP contribution < -0.4 is 5.32 Å². The van der Waals surface area contributed by atoms with Crippen LogP contribution in [0, 0.1) is 23.5 Å². The first kappa shape index (κ1) is 15.7. The molecule has 112 valence electrons. The third kappa shape index (κ3) is 4.14. The van der Waals surface area contributed by atoms with Crippen molar-refractivity contribution in [2.75, 3.05) is 6.54 Å². The molecule has 0 spiro atoms. The van der Waals surface area contributed by atoms with Gasteiger partial charge in [0, 0.05) is 18.0 Å². The summed E-state index contributed by atoms with van der Waals surface area (Å²) in [6.07, 6.45) is -1.48. The lowest BCUT2D eigenvalue weighted by Gasteiger charge is -2.12. The van der Waals surface area contributed by atoms with Crippen molar-refractivity contribution >= 4 is 5.91 Å². The Morgan fingerprint density at radius 1 is 1.09 bits per heavy atom. The van der Waals surface area contributed by atoms with E-state index in [1.807, 2.05) is 6.07 Å². The second-order valence-corrected chi connectivity index (χ2v) is 4.48. The van der Waals surface area contributed by atoms with E-state index in [0.29, 0.717) is 5.56 Å². The van der Waals surface area contributed by atoms with Crippen molar-refractivity contribution in [1.29, 1.82) is 0 Å². The first-order chi connectivity index (χ1) is 10.6. The van der Waals surface area contributed by atoms with Gasteiger partial charge in [-0.1, -0.05) is 30.2 Å². The summed E-state index contributed by atoms with van der Waals surface area (Å²) in [5, 5.41) is 12.1. The van der Waals surface area contributed by atoms with Gasteiger partial charge in [-0.25, -0.2) is 8.78 Å². The molecule has 0 aliphatic carbocycles. The van der Waals surface area contributed by atoms with Gasteiger partial charge in [0.2, 0.25) is 0 Å². The number of carbonyl (C=O) groups excluding carboxylic acids is 1. The van der Waals surface area contributed by atoms with Crippen LogP contribution in [-0.4, -0.2) is 17.6 Å². The van der Waals surface area contributed by atoms with Gasteiger partial charge >= 0.3 is 0 Å². The smallest absolute Gasteiger partial charge is 0.296 e. The van der Waals surface area contributed by atoms with Gasteiger partial charge in [-0.3, -0.25) is 4.79 Å². The molecule has 2 aromatic carbocycles. The molecule has 1 unspecified atom stereocenters. The summed E-state index contributed by atoms with van der Waals surface area (Å²) in [7, 11) is 0. The Labute approximate surface area is 126 Å². The summed E-state index contributed by atoms with van der Waals surface area (Å²) >= 11 is 0. The summed E-state index contributed by atoms with van der Waals surface area (Å²) in [5.74, 6) is 2.61. The highest BCUT2D eigenvalue weighted by Crippen LogP contribution is 2.19. The number of rotatable bonds is 3. The standard InChI is InChI=1S/C17H13F2NO2/c18-13-7-4-8-14(19)17(13)15(21)11-20-16(22)10-9-12-5-2-1-3-6-12/h1-8,15,21H,11H2,(H,20,22). The molecule has 2 aromatic rings. The van der Waals surface area contributed by atoms with Gasteiger partial charge in [-0.15, -0.1) is 0 Å². The van der Waals surface area contributed by atoms with Crippen LogP contribution in [-0.2, 0) is 4.79 Å². The highest BCUT2D eigenvalue weighted by molar-refractivity contribution is 5.94. The lowest BCUT2D eigenvalue weighted by atomic mass is 10.1. The van der Waals surface area contributed by atoms with Crippen molar-refractivity contribution in [3.05, 3.63) is 71.3 Å². The molecule has 0 heterocycles. The molecule has 0 bridgehead atoms. The highest BCUT2D eigenvalue weighted by atomic mass is 19.1. The number of halogens is 2. The summed E-state index contributed by atoms with van der Waals surface area (Å²) in [6, 6.07) is 12.2. The first-order valence-corrected chi connectivity index (χ1v) is 6.55. The third-order valence-electron chi connectivity index (χ3n) is 2.88. The minimum absolute atomic E-state index is 0.333. The maximum atomic E-state index is 13.5. The second-order valence-electron chi connectivity index (χ2n) is 4.48. The van der Waals surface area contributed by atoms with E-state index < -0.39 is 29.2 Å². The van der Waals surface area contributed by atoms with E-state index in [1.54, 1.807) is 24.3 Å². The van der Waals surface area contributed by atoms with Crippen molar-refractivity contribution in [1.82, 2.24) is 5.32 Å². The summed E-state index contributed by atoms with van der Waals surface area (Å²) in [5.41, 5.74) is 0.192. The number of aliphatic hydroxyl groups excluding tert-OH is 1. The largest absolute Gasteiger partial charge is 0.386 e. The lowest BCUT2D eigenvalue weighted by molar-refractivity contribution is -0.116. The van der Waals surface area contributed by atoms with Crippen LogP contribution in [0.4, 0.5) is 8.78 Å². The fourth-order valence-corrected chi connectivity index (χ4v) is 1.82. The maximum Gasteiger partial charge on any atom is 0.296 e. The van der Waals surface area contributed by atoms with Gasteiger partial charge in [0.25, 0.3) is 5.91 Å². The molecule has 0 saturated heterocycles. The molecule has 0 aliphatic heterocycles. The van der Waals surface area contributed by atoms with Gasteiger partial charge in [0.15, 0.2) is 0 Å². The molecular weight excluding hydrogens is 288 g/mol. The number of nitrogens with one attached hydrogen (secondary N) is 1. The Hall–Kier alpha value is -2.71. The number of aliphatic hydroxyl groups is 1. The van der Waals surface area contributed by atoms with E-state index >= 15 is 0 Å². The minimum Gasteiger partial charge on any atom is -0.386 e. The Bertz CT molecular complexity index is 700. The predicted octanol–water partition coefficient (Wildman–Crippen LogP) is 2.17. The van der Waals surface area contributed by atoms with E-state index in [0.717, 1.165) is 12.1 Å². The van der Waals surface area contributed by atoms with E-state index in [-0.39, 0.29) is 6.54 Å². The van der Waals surface area contributed by atoms with Crippen LogP contribution >= 0.6 is 0 Å². The number of hydrogen-bond acceptors (Lipinski definition) is 2. The molecule has 0 saturated carbocycles.